The molecule has 0 fully saturated rings. The van der Waals surface area contributed by atoms with E-state index >= 15 is 0 Å². The first-order chi connectivity index (χ1) is 14.2. The van der Waals surface area contributed by atoms with E-state index in [1.54, 1.807) is 25.1 Å². The van der Waals surface area contributed by atoms with Gasteiger partial charge in [-0.3, -0.25) is 9.59 Å². The van der Waals surface area contributed by atoms with Gasteiger partial charge in [0.1, 0.15) is 5.82 Å². The van der Waals surface area contributed by atoms with Gasteiger partial charge in [0.05, 0.1) is 28.2 Å². The van der Waals surface area contributed by atoms with Crippen LogP contribution in [0.1, 0.15) is 25.2 Å². The van der Waals surface area contributed by atoms with Gasteiger partial charge in [-0.05, 0) is 70.0 Å². The summed E-state index contributed by atoms with van der Waals surface area (Å²) >= 11 is 10.3. The normalized spacial score (nSPS) is 11.3. The van der Waals surface area contributed by atoms with Crippen molar-refractivity contribution >= 4 is 70.9 Å². The quantitative estimate of drug-likeness (QED) is 0.228. The summed E-state index contributed by atoms with van der Waals surface area (Å²) in [7, 11) is 0. The molecular weight excluding hydrogens is 586 g/mol. The molecule has 1 heterocycles. The summed E-state index contributed by atoms with van der Waals surface area (Å²) in [6, 6.07) is 6.99. The Balaban J connectivity index is 2.12. The van der Waals surface area contributed by atoms with Crippen molar-refractivity contribution in [1.82, 2.24) is 9.66 Å². The van der Waals surface area contributed by atoms with E-state index in [-0.39, 0.29) is 11.3 Å². The van der Waals surface area contributed by atoms with E-state index in [9.17, 15) is 9.59 Å². The molecule has 0 aliphatic rings. The van der Waals surface area contributed by atoms with E-state index in [1.165, 1.54) is 17.8 Å². The van der Waals surface area contributed by atoms with E-state index < -0.39 is 5.97 Å². The summed E-state index contributed by atoms with van der Waals surface area (Å²) in [4.78, 5) is 28.8. The lowest BCUT2D eigenvalue weighted by molar-refractivity contribution is -0.132. The van der Waals surface area contributed by atoms with Crippen molar-refractivity contribution in [3.8, 4) is 11.5 Å². The molecule has 0 bridgehead atoms. The molecule has 0 atom stereocenters. The molecule has 10 heteroatoms. The Bertz CT molecular complexity index is 1240. The molecule has 0 radical (unpaired) electrons. The first kappa shape index (κ1) is 22.6. The Hall–Kier alpha value is -2.04. The van der Waals surface area contributed by atoms with Gasteiger partial charge < -0.3 is 9.47 Å². The summed E-state index contributed by atoms with van der Waals surface area (Å²) in [5.41, 5.74) is 0.925. The first-order valence-electron chi connectivity index (χ1n) is 8.79. The predicted octanol–water partition coefficient (Wildman–Crippen LogP) is 5.20. The highest BCUT2D eigenvalue weighted by Crippen LogP contribution is 2.42. The van der Waals surface area contributed by atoms with Crippen LogP contribution in [0, 0.1) is 6.92 Å². The molecule has 156 valence electrons. The van der Waals surface area contributed by atoms with Crippen LogP contribution in [0.5, 0.6) is 11.5 Å². The predicted molar refractivity (Wildman–Crippen MR) is 126 cm³/mol. The van der Waals surface area contributed by atoms with Gasteiger partial charge in [-0.25, -0.2) is 4.98 Å². The number of carbonyl (C=O) groups excluding carboxylic acids is 1. The van der Waals surface area contributed by atoms with Crippen LogP contribution in [0.25, 0.3) is 10.9 Å². The minimum absolute atomic E-state index is 0.263. The largest absolute Gasteiger partial charge is 0.490 e. The molecule has 0 N–H and O–H groups in total. The molecule has 30 heavy (non-hydrogen) atoms. The molecule has 0 aliphatic heterocycles. The molecule has 0 saturated heterocycles. The average molecular weight is 602 g/mol. The van der Waals surface area contributed by atoms with E-state index in [4.69, 9.17) is 9.47 Å². The number of rotatable bonds is 5. The van der Waals surface area contributed by atoms with E-state index in [2.05, 4.69) is 57.9 Å². The third-order valence-electron chi connectivity index (χ3n) is 3.98. The number of halogens is 3. The van der Waals surface area contributed by atoms with Crippen LogP contribution >= 0.6 is 47.8 Å². The smallest absolute Gasteiger partial charge is 0.308 e. The number of carbonyl (C=O) groups is 1. The van der Waals surface area contributed by atoms with Crippen molar-refractivity contribution in [1.29, 1.82) is 0 Å². The molecule has 0 unspecified atom stereocenters. The number of hydrogen-bond donors (Lipinski definition) is 0. The maximum Gasteiger partial charge on any atom is 0.308 e. The number of aromatic nitrogens is 2. The molecule has 0 saturated carbocycles. The van der Waals surface area contributed by atoms with E-state index in [0.29, 0.717) is 43.6 Å². The lowest BCUT2D eigenvalue weighted by atomic mass is 10.2. The van der Waals surface area contributed by atoms with Gasteiger partial charge in [0, 0.05) is 21.4 Å². The number of ether oxygens (including phenoxy) is 2. The second-order valence-corrected chi connectivity index (χ2v) is 8.63. The summed E-state index contributed by atoms with van der Waals surface area (Å²) in [5.74, 6) is 0.608. The SMILES string of the molecule is CCOc1cc(C=Nn2c(C)nc3ccc(Br)cc3c2=O)c(Br)c(Br)c1OC(C)=O. The minimum atomic E-state index is -0.472. The van der Waals surface area contributed by atoms with Crippen molar-refractivity contribution in [2.24, 2.45) is 5.10 Å². The number of esters is 1. The molecule has 0 aliphatic carbocycles. The highest BCUT2D eigenvalue weighted by Gasteiger charge is 2.18. The summed E-state index contributed by atoms with van der Waals surface area (Å²) in [5, 5.41) is 4.79. The number of hydrogen-bond acceptors (Lipinski definition) is 6. The van der Waals surface area contributed by atoms with Gasteiger partial charge in [-0.2, -0.15) is 9.78 Å². The summed E-state index contributed by atoms with van der Waals surface area (Å²) < 4.78 is 14.0. The molecule has 3 aromatic rings. The zero-order valence-electron chi connectivity index (χ0n) is 16.2. The lowest BCUT2D eigenvalue weighted by Crippen LogP contribution is -2.20. The highest BCUT2D eigenvalue weighted by molar-refractivity contribution is 9.13. The Morgan fingerprint density at radius 3 is 2.63 bits per heavy atom. The Morgan fingerprint density at radius 2 is 1.97 bits per heavy atom. The number of fused-ring (bicyclic) bond motifs is 1. The Labute approximate surface area is 197 Å². The summed E-state index contributed by atoms with van der Waals surface area (Å²) in [6.45, 7) is 5.22. The van der Waals surface area contributed by atoms with Gasteiger partial charge in [-0.1, -0.05) is 15.9 Å². The van der Waals surface area contributed by atoms with Gasteiger partial charge in [0.15, 0.2) is 11.5 Å². The molecule has 1 aromatic heterocycles. The van der Waals surface area contributed by atoms with Crippen molar-refractivity contribution in [3.63, 3.8) is 0 Å². The van der Waals surface area contributed by atoms with Crippen molar-refractivity contribution in [2.45, 2.75) is 20.8 Å². The second kappa shape index (κ2) is 9.40. The third-order valence-corrected chi connectivity index (χ3v) is 6.62. The average Bonchev–Trinajstić information content (AvgIpc) is 2.69. The third kappa shape index (κ3) is 4.65. The van der Waals surface area contributed by atoms with Crippen LogP contribution in [-0.4, -0.2) is 28.5 Å². The maximum absolute atomic E-state index is 12.9. The van der Waals surface area contributed by atoms with E-state index in [1.807, 2.05) is 13.0 Å². The summed E-state index contributed by atoms with van der Waals surface area (Å²) in [6.07, 6.45) is 1.51. The topological polar surface area (TPSA) is 82.8 Å². The standard InChI is InChI=1S/C20H16Br3N3O4/c1-4-29-16-7-12(17(22)18(23)19(16)30-11(3)27)9-24-26-10(2)25-15-6-5-13(21)8-14(15)20(26)28/h5-9H,4H2,1-3H3. The first-order valence-corrected chi connectivity index (χ1v) is 11.2. The second-order valence-electron chi connectivity index (χ2n) is 6.13. The molecule has 0 amide bonds. The Morgan fingerprint density at radius 1 is 1.23 bits per heavy atom. The number of aryl methyl sites for hydroxylation is 1. The van der Waals surface area contributed by atoms with Crippen LogP contribution in [0.4, 0.5) is 0 Å². The van der Waals surface area contributed by atoms with Crippen LogP contribution in [-0.2, 0) is 4.79 Å². The fourth-order valence-electron chi connectivity index (χ4n) is 2.72. The van der Waals surface area contributed by atoms with Crippen molar-refractivity contribution in [3.05, 3.63) is 59.4 Å². The number of benzene rings is 2. The maximum atomic E-state index is 12.9. The lowest BCUT2D eigenvalue weighted by Gasteiger charge is -2.14. The van der Waals surface area contributed by atoms with Gasteiger partial charge >= 0.3 is 5.97 Å². The van der Waals surface area contributed by atoms with E-state index in [0.717, 1.165) is 4.47 Å². The van der Waals surface area contributed by atoms with Crippen LogP contribution in [0.3, 0.4) is 0 Å². The molecule has 2 aromatic carbocycles. The minimum Gasteiger partial charge on any atom is -0.490 e. The monoisotopic (exact) mass is 599 g/mol. The Kier molecular flexibility index (Phi) is 7.10. The van der Waals surface area contributed by atoms with Crippen LogP contribution in [0.2, 0.25) is 0 Å². The zero-order valence-corrected chi connectivity index (χ0v) is 21.0. The van der Waals surface area contributed by atoms with Gasteiger partial charge in [0.25, 0.3) is 5.56 Å². The highest BCUT2D eigenvalue weighted by atomic mass is 79.9. The van der Waals surface area contributed by atoms with Crippen LogP contribution in [0.15, 0.2) is 47.6 Å². The molecule has 0 spiro atoms. The molecular formula is C20H16Br3N3O4. The molecule has 7 nitrogen and oxygen atoms in total. The van der Waals surface area contributed by atoms with Gasteiger partial charge in [-0.15, -0.1) is 0 Å². The van der Waals surface area contributed by atoms with Crippen molar-refractivity contribution < 1.29 is 14.3 Å². The van der Waals surface area contributed by atoms with Crippen LogP contribution < -0.4 is 15.0 Å². The number of nitrogens with zero attached hydrogens (tertiary/aromatic N) is 3. The zero-order chi connectivity index (χ0) is 22.0. The molecule has 3 rings (SSSR count). The van der Waals surface area contributed by atoms with Gasteiger partial charge in [0.2, 0.25) is 0 Å². The fraction of sp³-hybridized carbons (Fsp3) is 0.200. The fourth-order valence-corrected chi connectivity index (χ4v) is 3.98. The van der Waals surface area contributed by atoms with Crippen molar-refractivity contribution in [2.75, 3.05) is 6.61 Å².